The number of carboxylic acids is 1. The van der Waals surface area contributed by atoms with Gasteiger partial charge >= 0.3 is 5.97 Å². The summed E-state index contributed by atoms with van der Waals surface area (Å²) in [6.07, 6.45) is 1.26. The van der Waals surface area contributed by atoms with Gasteiger partial charge in [0, 0.05) is 27.8 Å². The van der Waals surface area contributed by atoms with E-state index in [-0.39, 0.29) is 0 Å². The van der Waals surface area contributed by atoms with E-state index in [0.29, 0.717) is 18.5 Å². The van der Waals surface area contributed by atoms with Crippen LogP contribution in [0.25, 0.3) is 10.1 Å². The number of benzene rings is 2. The van der Waals surface area contributed by atoms with Crippen molar-refractivity contribution in [3.8, 4) is 0 Å². The molecule has 1 fully saturated rings. The fourth-order valence-corrected chi connectivity index (χ4v) is 4.92. The number of rotatable bonds is 4. The first-order chi connectivity index (χ1) is 12.5. The lowest BCUT2D eigenvalue weighted by Gasteiger charge is -2.31. The largest absolute Gasteiger partial charge is 0.480 e. The zero-order valence-electron chi connectivity index (χ0n) is 13.9. The summed E-state index contributed by atoms with van der Waals surface area (Å²) in [5.41, 5.74) is 0.311. The summed E-state index contributed by atoms with van der Waals surface area (Å²) >= 11 is 1.52. The van der Waals surface area contributed by atoms with Crippen molar-refractivity contribution in [3.63, 3.8) is 0 Å². The smallest absolute Gasteiger partial charge is 0.320 e. The van der Waals surface area contributed by atoms with Gasteiger partial charge in [0.05, 0.1) is 6.04 Å². The third kappa shape index (κ3) is 2.99. The minimum atomic E-state index is -0.906. The predicted octanol–water partition coefficient (Wildman–Crippen LogP) is 4.82. The zero-order valence-corrected chi connectivity index (χ0v) is 14.7. The highest BCUT2D eigenvalue weighted by molar-refractivity contribution is 7.19. The highest BCUT2D eigenvalue weighted by atomic mass is 32.1. The Morgan fingerprint density at radius 2 is 2.00 bits per heavy atom. The molecule has 0 radical (unpaired) electrons. The molecule has 1 aromatic heterocycles. The molecule has 0 bridgehead atoms. The van der Waals surface area contributed by atoms with Crippen molar-refractivity contribution >= 4 is 27.4 Å². The molecule has 2 unspecified atom stereocenters. The Hall–Kier alpha value is -2.31. The molecule has 2 heterocycles. The van der Waals surface area contributed by atoms with Gasteiger partial charge in [-0.3, -0.25) is 9.69 Å². The molecular weight excluding hydrogens is 356 g/mol. The van der Waals surface area contributed by atoms with Gasteiger partial charge < -0.3 is 5.11 Å². The average molecular weight is 373 g/mol. The Balaban J connectivity index is 1.87. The molecule has 1 aliphatic rings. The summed E-state index contributed by atoms with van der Waals surface area (Å²) in [5, 5.41) is 10.6. The van der Waals surface area contributed by atoms with E-state index < -0.39 is 29.7 Å². The van der Waals surface area contributed by atoms with Crippen LogP contribution in [-0.4, -0.2) is 28.6 Å². The van der Waals surface area contributed by atoms with Crippen LogP contribution in [0.5, 0.6) is 0 Å². The fraction of sp³-hybridized carbons (Fsp3) is 0.250. The molecule has 2 aromatic carbocycles. The maximum Gasteiger partial charge on any atom is 0.320 e. The van der Waals surface area contributed by atoms with E-state index in [0.717, 1.165) is 27.5 Å². The topological polar surface area (TPSA) is 40.5 Å². The van der Waals surface area contributed by atoms with E-state index >= 15 is 0 Å². The second kappa shape index (κ2) is 6.78. The van der Waals surface area contributed by atoms with E-state index in [1.807, 2.05) is 35.2 Å². The summed E-state index contributed by atoms with van der Waals surface area (Å²) < 4.78 is 29.1. The Bertz CT molecular complexity index is 938. The van der Waals surface area contributed by atoms with Crippen LogP contribution in [-0.2, 0) is 4.79 Å². The van der Waals surface area contributed by atoms with Crippen LogP contribution in [0, 0.1) is 11.6 Å². The molecule has 1 N–H and O–H groups in total. The van der Waals surface area contributed by atoms with Crippen molar-refractivity contribution in [3.05, 3.63) is 70.6 Å². The van der Waals surface area contributed by atoms with Gasteiger partial charge in [0.1, 0.15) is 17.7 Å². The Morgan fingerprint density at radius 1 is 1.19 bits per heavy atom. The Morgan fingerprint density at radius 3 is 2.73 bits per heavy atom. The summed E-state index contributed by atoms with van der Waals surface area (Å²) in [6.45, 7) is 0.562. The summed E-state index contributed by atoms with van der Waals surface area (Å²) in [7, 11) is 0. The van der Waals surface area contributed by atoms with Crippen LogP contribution in [0.3, 0.4) is 0 Å². The van der Waals surface area contributed by atoms with Gasteiger partial charge in [0.2, 0.25) is 0 Å². The van der Waals surface area contributed by atoms with E-state index in [2.05, 4.69) is 0 Å². The van der Waals surface area contributed by atoms with Crippen molar-refractivity contribution in [1.82, 2.24) is 4.90 Å². The molecule has 3 nitrogen and oxygen atoms in total. The van der Waals surface area contributed by atoms with Crippen LogP contribution < -0.4 is 0 Å². The highest BCUT2D eigenvalue weighted by Gasteiger charge is 2.38. The molecular formula is C20H17F2NO2S. The molecule has 0 amide bonds. The SMILES string of the molecule is O=C(O)C1CCCN1C(c1cc2ccccc2s1)c1ccc(F)cc1F. The number of carboxylic acid groups (broad SMARTS) is 1. The number of likely N-dealkylation sites (tertiary alicyclic amines) is 1. The molecule has 0 aliphatic carbocycles. The molecule has 134 valence electrons. The van der Waals surface area contributed by atoms with Crippen molar-refractivity contribution < 1.29 is 18.7 Å². The quantitative estimate of drug-likeness (QED) is 0.713. The number of hydrogen-bond donors (Lipinski definition) is 1. The van der Waals surface area contributed by atoms with E-state index in [9.17, 15) is 18.7 Å². The predicted molar refractivity (Wildman–Crippen MR) is 97.4 cm³/mol. The molecule has 2 atom stereocenters. The molecule has 6 heteroatoms. The summed E-state index contributed by atoms with van der Waals surface area (Å²) in [4.78, 5) is 14.4. The van der Waals surface area contributed by atoms with Gasteiger partial charge in [-0.05, 0) is 36.4 Å². The highest BCUT2D eigenvalue weighted by Crippen LogP contribution is 2.41. The monoisotopic (exact) mass is 373 g/mol. The number of hydrogen-bond acceptors (Lipinski definition) is 3. The number of nitrogens with zero attached hydrogens (tertiary/aromatic N) is 1. The van der Waals surface area contributed by atoms with E-state index in [1.54, 1.807) is 0 Å². The molecule has 0 spiro atoms. The van der Waals surface area contributed by atoms with Gasteiger partial charge in [0.15, 0.2) is 0 Å². The molecule has 26 heavy (non-hydrogen) atoms. The maximum absolute atomic E-state index is 14.6. The van der Waals surface area contributed by atoms with E-state index in [4.69, 9.17) is 0 Å². The van der Waals surface area contributed by atoms with Crippen molar-refractivity contribution in [2.24, 2.45) is 0 Å². The Labute approximate surface area is 153 Å². The number of thiophene rings is 1. The number of halogens is 2. The first-order valence-electron chi connectivity index (χ1n) is 8.46. The summed E-state index contributed by atoms with van der Waals surface area (Å²) in [6, 6.07) is 12.1. The molecule has 3 aromatic rings. The zero-order chi connectivity index (χ0) is 18.3. The van der Waals surface area contributed by atoms with Gasteiger partial charge in [-0.15, -0.1) is 11.3 Å². The van der Waals surface area contributed by atoms with Gasteiger partial charge in [0.25, 0.3) is 0 Å². The number of carbonyl (C=O) groups is 1. The van der Waals surface area contributed by atoms with Crippen molar-refractivity contribution in [2.45, 2.75) is 24.9 Å². The third-order valence-electron chi connectivity index (χ3n) is 4.88. The lowest BCUT2D eigenvalue weighted by atomic mass is 10.0. The number of fused-ring (bicyclic) bond motifs is 1. The summed E-state index contributed by atoms with van der Waals surface area (Å²) in [5.74, 6) is -2.20. The normalized spacial score (nSPS) is 19.1. The van der Waals surface area contributed by atoms with Crippen molar-refractivity contribution in [2.75, 3.05) is 6.54 Å². The number of aliphatic carboxylic acids is 1. The van der Waals surface area contributed by atoms with Gasteiger partial charge in [-0.25, -0.2) is 8.78 Å². The van der Waals surface area contributed by atoms with Crippen LogP contribution in [0.15, 0.2) is 48.5 Å². The van der Waals surface area contributed by atoms with Gasteiger partial charge in [-0.2, -0.15) is 0 Å². The third-order valence-corrected chi connectivity index (χ3v) is 6.05. The minimum Gasteiger partial charge on any atom is -0.480 e. The molecule has 0 saturated carbocycles. The van der Waals surface area contributed by atoms with Crippen molar-refractivity contribution in [1.29, 1.82) is 0 Å². The van der Waals surface area contributed by atoms with Crippen LogP contribution in [0.4, 0.5) is 8.78 Å². The van der Waals surface area contributed by atoms with Gasteiger partial charge in [-0.1, -0.05) is 24.3 Å². The van der Waals surface area contributed by atoms with Crippen LogP contribution >= 0.6 is 11.3 Å². The second-order valence-corrected chi connectivity index (χ2v) is 7.60. The fourth-order valence-electron chi connectivity index (χ4n) is 3.72. The Kier molecular flexibility index (Phi) is 4.46. The first-order valence-corrected chi connectivity index (χ1v) is 9.28. The average Bonchev–Trinajstić information content (AvgIpc) is 3.24. The second-order valence-electron chi connectivity index (χ2n) is 6.49. The maximum atomic E-state index is 14.6. The molecule has 1 saturated heterocycles. The first kappa shape index (κ1) is 17.1. The lowest BCUT2D eigenvalue weighted by molar-refractivity contribution is -0.142. The minimum absolute atomic E-state index is 0.311. The molecule has 1 aliphatic heterocycles. The molecule has 4 rings (SSSR count). The van der Waals surface area contributed by atoms with Crippen LogP contribution in [0.2, 0.25) is 0 Å². The standard InChI is InChI=1S/C20H17F2NO2S/c21-13-7-8-14(15(22)11-13)19(23-9-3-5-16(23)20(24)25)18-10-12-4-1-2-6-17(12)26-18/h1-2,4,6-8,10-11,16,19H,3,5,9H2,(H,24,25). The van der Waals surface area contributed by atoms with Crippen LogP contribution in [0.1, 0.15) is 29.3 Å². The lowest BCUT2D eigenvalue weighted by Crippen LogP contribution is -2.39. The van der Waals surface area contributed by atoms with E-state index in [1.165, 1.54) is 23.5 Å².